The summed E-state index contributed by atoms with van der Waals surface area (Å²) in [4.78, 5) is 11.9. The monoisotopic (exact) mass is 346 g/mol. The number of hydrogen-bond acceptors (Lipinski definition) is 7. The van der Waals surface area contributed by atoms with Crippen molar-refractivity contribution in [3.8, 4) is 11.4 Å². The van der Waals surface area contributed by atoms with Crippen LogP contribution in [0, 0.1) is 6.92 Å². The molecule has 0 spiro atoms. The van der Waals surface area contributed by atoms with E-state index in [4.69, 9.17) is 0 Å². The second kappa shape index (κ2) is 6.88. The van der Waals surface area contributed by atoms with E-state index in [1.54, 1.807) is 5.51 Å². The number of aromatic nitrogens is 5. The lowest BCUT2D eigenvalue weighted by Gasteiger charge is -2.04. The van der Waals surface area contributed by atoms with E-state index in [0.717, 1.165) is 11.4 Å². The minimum Gasteiger partial charge on any atom is -0.305 e. The molecule has 118 valence electrons. The maximum atomic E-state index is 11.9. The molecule has 1 aromatic carbocycles. The molecule has 2 heterocycles. The summed E-state index contributed by atoms with van der Waals surface area (Å²) in [6, 6.07) is 8.09. The van der Waals surface area contributed by atoms with E-state index in [0.29, 0.717) is 10.3 Å². The lowest BCUT2D eigenvalue weighted by molar-refractivity contribution is -0.113. The van der Waals surface area contributed by atoms with Gasteiger partial charge < -0.3 is 4.57 Å². The number of rotatable bonds is 5. The first-order valence-electron chi connectivity index (χ1n) is 6.79. The molecular weight excluding hydrogens is 332 g/mol. The van der Waals surface area contributed by atoms with Crippen molar-refractivity contribution in [3.05, 3.63) is 35.3 Å². The first-order valence-corrected chi connectivity index (χ1v) is 8.65. The van der Waals surface area contributed by atoms with Crippen LogP contribution < -0.4 is 5.32 Å². The summed E-state index contributed by atoms with van der Waals surface area (Å²) in [5, 5.41) is 19.7. The van der Waals surface area contributed by atoms with Gasteiger partial charge in [-0.15, -0.1) is 20.4 Å². The van der Waals surface area contributed by atoms with Gasteiger partial charge in [-0.25, -0.2) is 0 Å². The molecule has 1 N–H and O–H groups in total. The number of thioether (sulfide) groups is 1. The van der Waals surface area contributed by atoms with Crippen LogP contribution in [0.1, 0.15) is 5.56 Å². The Bertz CT molecular complexity index is 797. The third kappa shape index (κ3) is 3.74. The zero-order chi connectivity index (χ0) is 16.2. The first-order chi connectivity index (χ1) is 11.1. The Morgan fingerprint density at radius 2 is 2.04 bits per heavy atom. The van der Waals surface area contributed by atoms with E-state index in [1.165, 1.54) is 28.7 Å². The largest absolute Gasteiger partial charge is 0.305 e. The van der Waals surface area contributed by atoms with Crippen molar-refractivity contribution in [2.24, 2.45) is 7.05 Å². The minimum atomic E-state index is -0.147. The Kier molecular flexibility index (Phi) is 4.68. The fraction of sp³-hybridized carbons (Fsp3) is 0.214. The highest BCUT2D eigenvalue weighted by Crippen LogP contribution is 2.23. The third-order valence-corrected chi connectivity index (χ3v) is 4.71. The number of anilines is 1. The van der Waals surface area contributed by atoms with Crippen LogP contribution in [0.25, 0.3) is 11.4 Å². The Morgan fingerprint density at radius 3 is 2.74 bits per heavy atom. The fourth-order valence-corrected chi connectivity index (χ4v) is 3.08. The van der Waals surface area contributed by atoms with Crippen LogP contribution in [0.5, 0.6) is 0 Å². The van der Waals surface area contributed by atoms with Gasteiger partial charge in [-0.2, -0.15) is 0 Å². The number of carbonyl (C=O) groups excluding carboxylic acids is 1. The van der Waals surface area contributed by atoms with Gasteiger partial charge >= 0.3 is 0 Å². The molecule has 2 aromatic heterocycles. The van der Waals surface area contributed by atoms with Gasteiger partial charge in [0.25, 0.3) is 0 Å². The summed E-state index contributed by atoms with van der Waals surface area (Å²) in [6.07, 6.45) is 0. The molecule has 0 atom stereocenters. The zero-order valence-corrected chi connectivity index (χ0v) is 14.2. The number of benzene rings is 1. The van der Waals surface area contributed by atoms with Crippen molar-refractivity contribution in [2.45, 2.75) is 12.1 Å². The Morgan fingerprint density at radius 1 is 1.26 bits per heavy atom. The number of aryl methyl sites for hydroxylation is 1. The molecule has 7 nitrogen and oxygen atoms in total. The number of nitrogens with one attached hydrogen (secondary N) is 1. The molecule has 0 aliphatic heterocycles. The van der Waals surface area contributed by atoms with Gasteiger partial charge in [0.15, 0.2) is 11.0 Å². The highest BCUT2D eigenvalue weighted by molar-refractivity contribution is 7.99. The molecule has 0 aliphatic carbocycles. The van der Waals surface area contributed by atoms with E-state index in [1.807, 2.05) is 42.8 Å². The molecule has 0 bridgehead atoms. The molecule has 0 aliphatic rings. The number of amides is 1. The first kappa shape index (κ1) is 15.6. The Balaban J connectivity index is 1.65. The van der Waals surface area contributed by atoms with Gasteiger partial charge in [0.1, 0.15) is 5.51 Å². The van der Waals surface area contributed by atoms with Gasteiger partial charge in [-0.3, -0.25) is 10.1 Å². The van der Waals surface area contributed by atoms with E-state index in [2.05, 4.69) is 25.7 Å². The summed E-state index contributed by atoms with van der Waals surface area (Å²) in [5.74, 6) is 0.864. The molecule has 3 rings (SSSR count). The third-order valence-electron chi connectivity index (χ3n) is 3.08. The summed E-state index contributed by atoms with van der Waals surface area (Å²) < 4.78 is 1.88. The molecule has 9 heteroatoms. The van der Waals surface area contributed by atoms with Crippen LogP contribution in [0.4, 0.5) is 5.13 Å². The van der Waals surface area contributed by atoms with E-state index >= 15 is 0 Å². The molecule has 0 saturated heterocycles. The maximum absolute atomic E-state index is 11.9. The van der Waals surface area contributed by atoms with Gasteiger partial charge in [-0.1, -0.05) is 52.9 Å². The molecule has 23 heavy (non-hydrogen) atoms. The molecule has 0 fully saturated rings. The van der Waals surface area contributed by atoms with Crippen molar-refractivity contribution < 1.29 is 4.79 Å². The van der Waals surface area contributed by atoms with E-state index in [-0.39, 0.29) is 11.7 Å². The lowest BCUT2D eigenvalue weighted by atomic mass is 10.1. The topological polar surface area (TPSA) is 85.6 Å². The number of nitrogens with zero attached hydrogens (tertiary/aromatic N) is 5. The summed E-state index contributed by atoms with van der Waals surface area (Å²) in [6.45, 7) is 2.04. The lowest BCUT2D eigenvalue weighted by Crippen LogP contribution is -2.14. The SMILES string of the molecule is Cc1ccc(-c2nnc(SCC(=O)Nc3nncs3)n2C)cc1. The van der Waals surface area contributed by atoms with Crippen molar-refractivity contribution in [1.29, 1.82) is 0 Å². The highest BCUT2D eigenvalue weighted by atomic mass is 32.2. The predicted octanol–water partition coefficient (Wildman–Crippen LogP) is 2.37. The average Bonchev–Trinajstić information content (AvgIpc) is 3.16. The number of hydrogen-bond donors (Lipinski definition) is 1. The molecule has 0 radical (unpaired) electrons. The smallest absolute Gasteiger partial charge is 0.236 e. The van der Waals surface area contributed by atoms with Crippen LogP contribution in [0.15, 0.2) is 34.9 Å². The average molecular weight is 346 g/mol. The fourth-order valence-electron chi connectivity index (χ4n) is 1.91. The maximum Gasteiger partial charge on any atom is 0.236 e. The second-order valence-corrected chi connectivity index (χ2v) is 6.59. The van der Waals surface area contributed by atoms with E-state index in [9.17, 15) is 4.79 Å². The quantitative estimate of drug-likeness (QED) is 0.714. The molecular formula is C14H14N6OS2. The van der Waals surface area contributed by atoms with Crippen molar-refractivity contribution >= 4 is 34.1 Å². The van der Waals surface area contributed by atoms with Crippen LogP contribution in [-0.4, -0.2) is 36.6 Å². The summed E-state index contributed by atoms with van der Waals surface area (Å²) >= 11 is 2.61. The Hall–Kier alpha value is -2.26. The van der Waals surface area contributed by atoms with Crippen LogP contribution in [0.3, 0.4) is 0 Å². The van der Waals surface area contributed by atoms with Gasteiger partial charge in [0, 0.05) is 12.6 Å². The normalized spacial score (nSPS) is 10.7. The van der Waals surface area contributed by atoms with Crippen molar-refractivity contribution in [3.63, 3.8) is 0 Å². The van der Waals surface area contributed by atoms with Gasteiger partial charge in [0.2, 0.25) is 11.0 Å². The van der Waals surface area contributed by atoms with Crippen LogP contribution >= 0.6 is 23.1 Å². The predicted molar refractivity (Wildman–Crippen MR) is 90.4 cm³/mol. The molecule has 0 unspecified atom stereocenters. The van der Waals surface area contributed by atoms with Crippen LogP contribution in [0.2, 0.25) is 0 Å². The standard InChI is InChI=1S/C14H14N6OS2/c1-9-3-5-10(6-4-9)12-17-19-14(20(12)2)22-7-11(21)16-13-18-15-8-23-13/h3-6,8H,7H2,1-2H3,(H,16,18,21). The second-order valence-electron chi connectivity index (χ2n) is 4.81. The summed E-state index contributed by atoms with van der Waals surface area (Å²) in [5.41, 5.74) is 3.76. The molecule has 1 amide bonds. The minimum absolute atomic E-state index is 0.147. The highest BCUT2D eigenvalue weighted by Gasteiger charge is 2.13. The molecule has 3 aromatic rings. The van der Waals surface area contributed by atoms with E-state index < -0.39 is 0 Å². The Labute approximate surface area is 141 Å². The van der Waals surface area contributed by atoms with Gasteiger partial charge in [-0.05, 0) is 6.92 Å². The van der Waals surface area contributed by atoms with Crippen molar-refractivity contribution in [2.75, 3.05) is 11.1 Å². The van der Waals surface area contributed by atoms with Crippen molar-refractivity contribution in [1.82, 2.24) is 25.0 Å². The zero-order valence-electron chi connectivity index (χ0n) is 12.6. The summed E-state index contributed by atoms with van der Waals surface area (Å²) in [7, 11) is 1.89. The number of carbonyl (C=O) groups is 1. The molecule has 0 saturated carbocycles. The van der Waals surface area contributed by atoms with Crippen LogP contribution in [-0.2, 0) is 11.8 Å². The van der Waals surface area contributed by atoms with Gasteiger partial charge in [0.05, 0.1) is 5.75 Å².